The predicted molar refractivity (Wildman–Crippen MR) is 137 cm³/mol. The molecule has 0 unspecified atom stereocenters. The number of hydrogen-bond donors (Lipinski definition) is 1. The van der Waals surface area contributed by atoms with E-state index in [1.54, 1.807) is 19.2 Å². The highest BCUT2D eigenvalue weighted by Crippen LogP contribution is 2.31. The van der Waals surface area contributed by atoms with Gasteiger partial charge in [0.05, 0.1) is 7.11 Å². The average Bonchev–Trinajstić information content (AvgIpc) is 2.87. The van der Waals surface area contributed by atoms with Crippen LogP contribution in [-0.4, -0.2) is 24.1 Å². The van der Waals surface area contributed by atoms with Crippen LogP contribution in [0.15, 0.2) is 72.8 Å². The number of ether oxygens (including phenoxy) is 2. The van der Waals surface area contributed by atoms with Crippen molar-refractivity contribution in [3.8, 4) is 11.5 Å². The SMILES string of the molecule is COc1ccc(CN(C(=O)Nc2cccc(Cl)c2)C2CCCCC2)cc1OCc1ccccc1. The normalized spacial score (nSPS) is 13.8. The summed E-state index contributed by atoms with van der Waals surface area (Å²) >= 11 is 6.12. The van der Waals surface area contributed by atoms with E-state index in [0.717, 1.165) is 36.8 Å². The zero-order valence-corrected chi connectivity index (χ0v) is 20.3. The van der Waals surface area contributed by atoms with Crippen molar-refractivity contribution < 1.29 is 14.3 Å². The van der Waals surface area contributed by atoms with Crippen LogP contribution in [-0.2, 0) is 13.2 Å². The maximum atomic E-state index is 13.4. The van der Waals surface area contributed by atoms with Gasteiger partial charge in [0, 0.05) is 23.3 Å². The Balaban J connectivity index is 1.53. The second kappa shape index (κ2) is 11.8. The molecule has 3 aromatic rings. The van der Waals surface area contributed by atoms with Crippen molar-refractivity contribution in [1.29, 1.82) is 0 Å². The van der Waals surface area contributed by atoms with Gasteiger partial charge in [0.15, 0.2) is 11.5 Å². The molecule has 1 N–H and O–H groups in total. The zero-order valence-electron chi connectivity index (χ0n) is 19.5. The summed E-state index contributed by atoms with van der Waals surface area (Å²) in [5.74, 6) is 1.34. The van der Waals surface area contributed by atoms with E-state index in [-0.39, 0.29) is 12.1 Å². The second-order valence-electron chi connectivity index (χ2n) is 8.62. The fourth-order valence-electron chi connectivity index (χ4n) is 4.39. The molecule has 0 aliphatic heterocycles. The number of urea groups is 1. The molecule has 34 heavy (non-hydrogen) atoms. The van der Waals surface area contributed by atoms with Gasteiger partial charge in [0.1, 0.15) is 6.61 Å². The molecule has 2 amide bonds. The van der Waals surface area contributed by atoms with Crippen molar-refractivity contribution in [1.82, 2.24) is 4.90 Å². The largest absolute Gasteiger partial charge is 0.493 e. The second-order valence-corrected chi connectivity index (χ2v) is 9.06. The predicted octanol–water partition coefficient (Wildman–Crippen LogP) is 7.29. The minimum atomic E-state index is -0.114. The summed E-state index contributed by atoms with van der Waals surface area (Å²) in [6.07, 6.45) is 5.52. The summed E-state index contributed by atoms with van der Waals surface area (Å²) in [5, 5.41) is 3.63. The van der Waals surface area contributed by atoms with Crippen LogP contribution in [0, 0.1) is 0 Å². The fraction of sp³-hybridized carbons (Fsp3) is 0.321. The summed E-state index contributed by atoms with van der Waals surface area (Å²) in [4.78, 5) is 15.3. The van der Waals surface area contributed by atoms with Gasteiger partial charge in [0.25, 0.3) is 0 Å². The molecule has 1 saturated carbocycles. The van der Waals surface area contributed by atoms with Crippen LogP contribution in [0.25, 0.3) is 0 Å². The van der Waals surface area contributed by atoms with Crippen LogP contribution in [0.4, 0.5) is 10.5 Å². The molecule has 5 nitrogen and oxygen atoms in total. The number of carbonyl (C=O) groups excluding carboxylic acids is 1. The highest BCUT2D eigenvalue weighted by molar-refractivity contribution is 6.30. The Hall–Kier alpha value is -3.18. The van der Waals surface area contributed by atoms with Crippen LogP contribution in [0.2, 0.25) is 5.02 Å². The quantitative estimate of drug-likeness (QED) is 0.369. The first-order valence-electron chi connectivity index (χ1n) is 11.8. The fourth-order valence-corrected chi connectivity index (χ4v) is 4.58. The number of anilines is 1. The van der Waals surface area contributed by atoms with E-state index >= 15 is 0 Å². The minimum Gasteiger partial charge on any atom is -0.493 e. The Kier molecular flexibility index (Phi) is 8.31. The third-order valence-electron chi connectivity index (χ3n) is 6.17. The van der Waals surface area contributed by atoms with E-state index in [1.807, 2.05) is 65.6 Å². The molecule has 0 spiro atoms. The van der Waals surface area contributed by atoms with Crippen LogP contribution >= 0.6 is 11.6 Å². The van der Waals surface area contributed by atoms with Gasteiger partial charge < -0.3 is 19.7 Å². The lowest BCUT2D eigenvalue weighted by atomic mass is 9.94. The van der Waals surface area contributed by atoms with Crippen LogP contribution in [0.1, 0.15) is 43.2 Å². The number of carbonyl (C=O) groups is 1. The Labute approximate surface area is 206 Å². The molecule has 0 atom stereocenters. The average molecular weight is 479 g/mol. The van der Waals surface area contributed by atoms with Crippen molar-refractivity contribution in [3.05, 3.63) is 88.9 Å². The van der Waals surface area contributed by atoms with Crippen molar-refractivity contribution in [2.45, 2.75) is 51.3 Å². The molecule has 3 aromatic carbocycles. The topological polar surface area (TPSA) is 50.8 Å². The van der Waals surface area contributed by atoms with Crippen LogP contribution in [0.5, 0.6) is 11.5 Å². The van der Waals surface area contributed by atoms with E-state index in [4.69, 9.17) is 21.1 Å². The van der Waals surface area contributed by atoms with Gasteiger partial charge in [-0.3, -0.25) is 0 Å². The van der Waals surface area contributed by atoms with Crippen LogP contribution in [0.3, 0.4) is 0 Å². The third-order valence-corrected chi connectivity index (χ3v) is 6.41. The Morgan fingerprint density at radius 1 is 0.941 bits per heavy atom. The molecule has 0 heterocycles. The number of halogens is 1. The van der Waals surface area contributed by atoms with Gasteiger partial charge in [-0.25, -0.2) is 4.79 Å². The molecule has 0 saturated heterocycles. The monoisotopic (exact) mass is 478 g/mol. The maximum Gasteiger partial charge on any atom is 0.322 e. The molecular weight excluding hydrogens is 448 g/mol. The third kappa shape index (κ3) is 6.45. The smallest absolute Gasteiger partial charge is 0.322 e. The molecule has 0 bridgehead atoms. The summed E-state index contributed by atoms with van der Waals surface area (Å²) in [6, 6.07) is 23.2. The summed E-state index contributed by atoms with van der Waals surface area (Å²) in [7, 11) is 1.64. The molecule has 178 valence electrons. The van der Waals surface area contributed by atoms with Gasteiger partial charge in [-0.1, -0.05) is 73.3 Å². The lowest BCUT2D eigenvalue weighted by Crippen LogP contribution is -2.43. The standard InChI is InChI=1S/C28H31ClN2O3/c1-33-26-16-15-22(17-27(26)34-20-21-9-4-2-5-10-21)19-31(25-13-6-3-7-14-25)28(32)30-24-12-8-11-23(29)18-24/h2,4-5,8-12,15-18,25H,3,6-7,13-14,19-20H2,1H3,(H,30,32). The molecule has 1 aliphatic rings. The lowest BCUT2D eigenvalue weighted by Gasteiger charge is -2.34. The number of methoxy groups -OCH3 is 1. The summed E-state index contributed by atoms with van der Waals surface area (Å²) in [5.41, 5.74) is 2.77. The Bertz CT molecular complexity index is 1080. The van der Waals surface area contributed by atoms with Gasteiger partial charge in [0.2, 0.25) is 0 Å². The summed E-state index contributed by atoms with van der Waals surface area (Å²) < 4.78 is 11.6. The molecule has 6 heteroatoms. The van der Waals surface area contributed by atoms with Gasteiger partial charge >= 0.3 is 6.03 Å². The van der Waals surface area contributed by atoms with E-state index in [9.17, 15) is 4.79 Å². The van der Waals surface area contributed by atoms with E-state index in [2.05, 4.69) is 5.32 Å². The molecule has 1 fully saturated rings. The zero-order chi connectivity index (χ0) is 23.8. The highest BCUT2D eigenvalue weighted by atomic mass is 35.5. The molecular formula is C28H31ClN2O3. The molecule has 0 aromatic heterocycles. The number of benzene rings is 3. The van der Waals surface area contributed by atoms with E-state index in [0.29, 0.717) is 35.4 Å². The first kappa shape index (κ1) is 24.0. The van der Waals surface area contributed by atoms with Gasteiger partial charge in [-0.2, -0.15) is 0 Å². The van der Waals surface area contributed by atoms with Crippen molar-refractivity contribution in [2.75, 3.05) is 12.4 Å². The number of nitrogens with zero attached hydrogens (tertiary/aromatic N) is 1. The number of nitrogens with one attached hydrogen (secondary N) is 1. The highest BCUT2D eigenvalue weighted by Gasteiger charge is 2.26. The molecule has 0 radical (unpaired) electrons. The van der Waals surface area contributed by atoms with Crippen molar-refractivity contribution in [2.24, 2.45) is 0 Å². The van der Waals surface area contributed by atoms with Crippen molar-refractivity contribution >= 4 is 23.3 Å². The Morgan fingerprint density at radius 2 is 1.74 bits per heavy atom. The van der Waals surface area contributed by atoms with Crippen molar-refractivity contribution in [3.63, 3.8) is 0 Å². The van der Waals surface area contributed by atoms with E-state index in [1.165, 1.54) is 6.42 Å². The molecule has 1 aliphatic carbocycles. The number of rotatable bonds is 8. The summed E-state index contributed by atoms with van der Waals surface area (Å²) in [6.45, 7) is 0.936. The van der Waals surface area contributed by atoms with Gasteiger partial charge in [-0.15, -0.1) is 0 Å². The number of hydrogen-bond acceptors (Lipinski definition) is 3. The lowest BCUT2D eigenvalue weighted by molar-refractivity contribution is 0.162. The first-order valence-corrected chi connectivity index (χ1v) is 12.2. The Morgan fingerprint density at radius 3 is 2.47 bits per heavy atom. The minimum absolute atomic E-state index is 0.114. The number of amides is 2. The molecule has 4 rings (SSSR count). The van der Waals surface area contributed by atoms with Gasteiger partial charge in [-0.05, 0) is 54.3 Å². The first-order chi connectivity index (χ1) is 16.6. The maximum absolute atomic E-state index is 13.4. The van der Waals surface area contributed by atoms with Crippen LogP contribution < -0.4 is 14.8 Å². The van der Waals surface area contributed by atoms with E-state index < -0.39 is 0 Å².